The average Bonchev–Trinajstić information content (AvgIpc) is 2.54. The molecule has 2 amide bonds. The van der Waals surface area contributed by atoms with E-state index in [1.165, 1.54) is 21.3 Å². The summed E-state index contributed by atoms with van der Waals surface area (Å²) in [5, 5.41) is 6.87. The molecule has 0 aliphatic rings. The van der Waals surface area contributed by atoms with Crippen molar-refractivity contribution in [1.82, 2.24) is 5.43 Å². The van der Waals surface area contributed by atoms with Crippen LogP contribution >= 0.6 is 11.6 Å². The predicted octanol–water partition coefficient (Wildman–Crippen LogP) is 1.82. The summed E-state index contributed by atoms with van der Waals surface area (Å²) in [7, 11) is 4.34. The molecule has 132 valence electrons. The third-order valence-electron chi connectivity index (χ3n) is 2.81. The van der Waals surface area contributed by atoms with E-state index in [0.29, 0.717) is 27.9 Å². The molecule has 1 rings (SSSR count). The number of carbonyl (C=O) groups excluding carboxylic acids is 2. The first-order chi connectivity index (χ1) is 11.4. The number of nitrogens with one attached hydrogen (secondary N) is 2. The standard InChI is InChI=1S/C15H20ClN3O5/c1-9(18-19-15(21)8-22-2)5-14(20)17-11-7-12(23-3)10(16)6-13(11)24-4/h6-7H,5,8H2,1-4H3,(H,17,20)(H,19,21)/b18-9+. The van der Waals surface area contributed by atoms with Gasteiger partial charge in [-0.15, -0.1) is 0 Å². The minimum Gasteiger partial charge on any atom is -0.495 e. The van der Waals surface area contributed by atoms with E-state index in [0.717, 1.165) is 0 Å². The van der Waals surface area contributed by atoms with Crippen LogP contribution in [0.2, 0.25) is 5.02 Å². The Labute approximate surface area is 145 Å². The Morgan fingerprint density at radius 1 is 1.12 bits per heavy atom. The molecule has 0 unspecified atom stereocenters. The van der Waals surface area contributed by atoms with Gasteiger partial charge in [0.2, 0.25) is 5.91 Å². The van der Waals surface area contributed by atoms with Crippen molar-refractivity contribution in [2.24, 2.45) is 5.10 Å². The maximum Gasteiger partial charge on any atom is 0.266 e. The van der Waals surface area contributed by atoms with E-state index in [4.69, 9.17) is 21.1 Å². The van der Waals surface area contributed by atoms with E-state index < -0.39 is 5.91 Å². The number of halogens is 1. The molecule has 0 saturated carbocycles. The van der Waals surface area contributed by atoms with Gasteiger partial charge in [0, 0.05) is 25.0 Å². The van der Waals surface area contributed by atoms with Gasteiger partial charge in [-0.25, -0.2) is 5.43 Å². The number of amides is 2. The highest BCUT2D eigenvalue weighted by Crippen LogP contribution is 2.35. The summed E-state index contributed by atoms with van der Waals surface area (Å²) >= 11 is 6.01. The third-order valence-corrected chi connectivity index (χ3v) is 3.11. The Bertz CT molecular complexity index is 634. The van der Waals surface area contributed by atoms with Crippen LogP contribution in [0.4, 0.5) is 5.69 Å². The Kier molecular flexibility index (Phi) is 8.00. The molecule has 0 atom stereocenters. The molecule has 1 aromatic carbocycles. The van der Waals surface area contributed by atoms with Gasteiger partial charge >= 0.3 is 0 Å². The molecule has 0 saturated heterocycles. The zero-order valence-electron chi connectivity index (χ0n) is 13.9. The van der Waals surface area contributed by atoms with Gasteiger partial charge in [-0.3, -0.25) is 9.59 Å². The number of anilines is 1. The van der Waals surface area contributed by atoms with Crippen molar-refractivity contribution in [3.63, 3.8) is 0 Å². The zero-order valence-corrected chi connectivity index (χ0v) is 14.7. The molecule has 0 fully saturated rings. The molecule has 0 aromatic heterocycles. The van der Waals surface area contributed by atoms with Crippen LogP contribution in [0.5, 0.6) is 11.5 Å². The Balaban J connectivity index is 2.74. The van der Waals surface area contributed by atoms with Crippen LogP contribution in [0.25, 0.3) is 0 Å². The lowest BCUT2D eigenvalue weighted by Gasteiger charge is -2.13. The second-order valence-corrected chi connectivity index (χ2v) is 5.13. The highest BCUT2D eigenvalue weighted by atomic mass is 35.5. The number of hydrogen-bond acceptors (Lipinski definition) is 6. The fourth-order valence-electron chi connectivity index (χ4n) is 1.75. The topological polar surface area (TPSA) is 98.2 Å². The number of nitrogens with zero attached hydrogens (tertiary/aromatic N) is 1. The lowest BCUT2D eigenvalue weighted by molar-refractivity contribution is -0.124. The van der Waals surface area contributed by atoms with Crippen molar-refractivity contribution < 1.29 is 23.8 Å². The first kappa shape index (κ1) is 19.7. The zero-order chi connectivity index (χ0) is 18.1. The van der Waals surface area contributed by atoms with E-state index in [1.54, 1.807) is 19.1 Å². The maximum absolute atomic E-state index is 12.1. The molecule has 0 spiro atoms. The lowest BCUT2D eigenvalue weighted by Crippen LogP contribution is -2.24. The van der Waals surface area contributed by atoms with Crippen LogP contribution in [0.3, 0.4) is 0 Å². The highest BCUT2D eigenvalue weighted by molar-refractivity contribution is 6.32. The molecule has 2 N–H and O–H groups in total. The molecule has 1 aromatic rings. The maximum atomic E-state index is 12.1. The SMILES string of the molecule is COCC(=O)N/N=C(\C)CC(=O)Nc1cc(OC)c(Cl)cc1OC. The number of methoxy groups -OCH3 is 3. The van der Waals surface area contributed by atoms with Gasteiger partial charge in [-0.1, -0.05) is 11.6 Å². The number of carbonyl (C=O) groups is 2. The van der Waals surface area contributed by atoms with Gasteiger partial charge in [0.15, 0.2) is 0 Å². The second-order valence-electron chi connectivity index (χ2n) is 4.73. The molecule has 0 radical (unpaired) electrons. The minimum absolute atomic E-state index is 0.0125. The van der Waals surface area contributed by atoms with Crippen LogP contribution in [0.15, 0.2) is 17.2 Å². The van der Waals surface area contributed by atoms with Gasteiger partial charge in [0.1, 0.15) is 18.1 Å². The average molecular weight is 358 g/mol. The van der Waals surface area contributed by atoms with Crippen molar-refractivity contribution in [2.75, 3.05) is 33.3 Å². The molecular weight excluding hydrogens is 338 g/mol. The fourth-order valence-corrected chi connectivity index (χ4v) is 1.98. The molecule has 9 heteroatoms. The smallest absolute Gasteiger partial charge is 0.266 e. The molecule has 0 bridgehead atoms. The molecular formula is C15H20ClN3O5. The number of hydrazone groups is 1. The van der Waals surface area contributed by atoms with Crippen LogP contribution in [0, 0.1) is 0 Å². The third kappa shape index (κ3) is 6.05. The van der Waals surface area contributed by atoms with Gasteiger partial charge < -0.3 is 19.5 Å². The molecule has 0 heterocycles. The first-order valence-corrected chi connectivity index (χ1v) is 7.31. The largest absolute Gasteiger partial charge is 0.495 e. The van der Waals surface area contributed by atoms with E-state index in [-0.39, 0.29) is 18.9 Å². The summed E-state index contributed by atoms with van der Waals surface area (Å²) in [6.45, 7) is 1.51. The second kappa shape index (κ2) is 9.74. The highest BCUT2D eigenvalue weighted by Gasteiger charge is 2.13. The summed E-state index contributed by atoms with van der Waals surface area (Å²) < 4.78 is 15.0. The van der Waals surface area contributed by atoms with Gasteiger partial charge in [0.25, 0.3) is 5.91 Å². The van der Waals surface area contributed by atoms with Gasteiger partial charge in [0.05, 0.1) is 31.4 Å². The van der Waals surface area contributed by atoms with Crippen molar-refractivity contribution in [1.29, 1.82) is 0 Å². The van der Waals surface area contributed by atoms with Crippen LogP contribution in [-0.2, 0) is 14.3 Å². The van der Waals surface area contributed by atoms with E-state index in [2.05, 4.69) is 20.6 Å². The summed E-state index contributed by atoms with van der Waals surface area (Å²) in [4.78, 5) is 23.3. The Hall–Kier alpha value is -2.32. The normalized spacial score (nSPS) is 11.0. The Morgan fingerprint density at radius 3 is 2.38 bits per heavy atom. The lowest BCUT2D eigenvalue weighted by atomic mass is 10.2. The van der Waals surface area contributed by atoms with E-state index in [9.17, 15) is 9.59 Å². The summed E-state index contributed by atoms with van der Waals surface area (Å²) in [6, 6.07) is 3.10. The van der Waals surface area contributed by atoms with E-state index >= 15 is 0 Å². The van der Waals surface area contributed by atoms with Gasteiger partial charge in [-0.2, -0.15) is 5.10 Å². The fraction of sp³-hybridized carbons (Fsp3) is 0.400. The summed E-state index contributed by atoms with van der Waals surface area (Å²) in [6.07, 6.45) is -0.0125. The van der Waals surface area contributed by atoms with Crippen molar-refractivity contribution in [3.05, 3.63) is 17.2 Å². The van der Waals surface area contributed by atoms with Crippen LogP contribution < -0.4 is 20.2 Å². The quantitative estimate of drug-likeness (QED) is 0.546. The number of benzene rings is 1. The molecule has 0 aliphatic carbocycles. The molecule has 8 nitrogen and oxygen atoms in total. The number of ether oxygens (including phenoxy) is 3. The van der Waals surface area contributed by atoms with Crippen molar-refractivity contribution in [3.8, 4) is 11.5 Å². The van der Waals surface area contributed by atoms with Gasteiger partial charge in [-0.05, 0) is 6.92 Å². The van der Waals surface area contributed by atoms with E-state index in [1.807, 2.05) is 0 Å². The monoisotopic (exact) mass is 357 g/mol. The summed E-state index contributed by atoms with van der Waals surface area (Å²) in [5.74, 6) is 0.0726. The Morgan fingerprint density at radius 2 is 1.79 bits per heavy atom. The summed E-state index contributed by atoms with van der Waals surface area (Å²) in [5.41, 5.74) is 3.13. The van der Waals surface area contributed by atoms with Crippen molar-refractivity contribution >= 4 is 34.8 Å². The first-order valence-electron chi connectivity index (χ1n) is 6.93. The van der Waals surface area contributed by atoms with Crippen LogP contribution in [-0.4, -0.2) is 45.5 Å². The predicted molar refractivity (Wildman–Crippen MR) is 90.9 cm³/mol. The number of hydrogen-bond donors (Lipinski definition) is 2. The molecule has 0 aliphatic heterocycles. The van der Waals surface area contributed by atoms with Crippen LogP contribution in [0.1, 0.15) is 13.3 Å². The molecule has 24 heavy (non-hydrogen) atoms. The van der Waals surface area contributed by atoms with Crippen molar-refractivity contribution in [2.45, 2.75) is 13.3 Å². The minimum atomic E-state index is -0.402. The number of rotatable bonds is 8.